The van der Waals surface area contributed by atoms with Crippen molar-refractivity contribution in [2.45, 2.75) is 58.7 Å². The zero-order valence-electron chi connectivity index (χ0n) is 18.4. The van der Waals surface area contributed by atoms with Crippen molar-refractivity contribution in [1.29, 1.82) is 0 Å². The lowest BCUT2D eigenvalue weighted by atomic mass is 9.89. The first-order chi connectivity index (χ1) is 13.9. The second kappa shape index (κ2) is 7.95. The summed E-state index contributed by atoms with van der Waals surface area (Å²) < 4.78 is 32.6. The maximum Gasteiger partial charge on any atom is 0.244 e. The number of nitrogens with zero attached hydrogens (tertiary/aromatic N) is 1. The molecule has 162 valence electrons. The van der Waals surface area contributed by atoms with E-state index in [0.717, 1.165) is 28.7 Å². The minimum absolute atomic E-state index is 0.264. The third kappa shape index (κ3) is 4.61. The highest BCUT2D eigenvalue weighted by Crippen LogP contribution is 2.39. The second-order valence-corrected chi connectivity index (χ2v) is 10.5. The molecule has 1 heterocycles. The lowest BCUT2D eigenvalue weighted by Crippen LogP contribution is -2.50. The molecule has 2 aromatic carbocycles. The first kappa shape index (κ1) is 22.2. The topological polar surface area (TPSA) is 75.7 Å². The van der Waals surface area contributed by atoms with Crippen LogP contribution in [-0.2, 0) is 14.8 Å². The highest BCUT2D eigenvalue weighted by atomic mass is 32.2. The van der Waals surface area contributed by atoms with Gasteiger partial charge in [-0.15, -0.1) is 0 Å². The average Bonchev–Trinajstić information content (AvgIpc) is 2.62. The van der Waals surface area contributed by atoms with Gasteiger partial charge in [-0.3, -0.25) is 9.10 Å². The molecule has 0 saturated heterocycles. The zero-order valence-corrected chi connectivity index (χ0v) is 19.2. The average molecular weight is 431 g/mol. The maximum atomic E-state index is 13.2. The van der Waals surface area contributed by atoms with Gasteiger partial charge in [-0.1, -0.05) is 30.3 Å². The van der Waals surface area contributed by atoms with Gasteiger partial charge in [0.25, 0.3) is 0 Å². The third-order valence-corrected chi connectivity index (χ3v) is 6.61. The molecule has 7 heteroatoms. The number of anilines is 1. The van der Waals surface area contributed by atoms with Crippen molar-refractivity contribution in [3.8, 4) is 5.75 Å². The molecule has 1 aliphatic heterocycles. The Morgan fingerprint density at radius 3 is 2.53 bits per heavy atom. The number of hydrogen-bond acceptors (Lipinski definition) is 4. The number of amides is 1. The van der Waals surface area contributed by atoms with Crippen LogP contribution in [0, 0.1) is 13.8 Å². The quantitative estimate of drug-likeness (QED) is 0.781. The van der Waals surface area contributed by atoms with Crippen molar-refractivity contribution in [2.75, 3.05) is 10.6 Å². The van der Waals surface area contributed by atoms with E-state index >= 15 is 0 Å². The summed E-state index contributed by atoms with van der Waals surface area (Å²) in [7, 11) is -3.68. The molecule has 1 amide bonds. The Labute approximate surface area is 179 Å². The minimum Gasteiger partial charge on any atom is -0.487 e. The van der Waals surface area contributed by atoms with Gasteiger partial charge in [-0.2, -0.15) is 0 Å². The number of benzene rings is 2. The first-order valence-electron chi connectivity index (χ1n) is 10.0. The Balaban J connectivity index is 1.93. The zero-order chi connectivity index (χ0) is 22.3. The number of sulfonamides is 1. The maximum absolute atomic E-state index is 13.2. The summed E-state index contributed by atoms with van der Waals surface area (Å²) in [5.41, 5.74) is 2.70. The molecule has 0 aromatic heterocycles. The van der Waals surface area contributed by atoms with Gasteiger partial charge < -0.3 is 10.1 Å². The van der Waals surface area contributed by atoms with Crippen LogP contribution in [0.1, 0.15) is 49.9 Å². The highest BCUT2D eigenvalue weighted by molar-refractivity contribution is 7.92. The molecular weight excluding hydrogens is 400 g/mol. The molecule has 3 rings (SSSR count). The van der Waals surface area contributed by atoms with E-state index < -0.39 is 21.7 Å². The summed E-state index contributed by atoms with van der Waals surface area (Å²) >= 11 is 0. The number of carbonyl (C=O) groups excluding carboxylic acids is 1. The van der Waals surface area contributed by atoms with Gasteiger partial charge in [0.2, 0.25) is 15.9 Å². The van der Waals surface area contributed by atoms with E-state index in [4.69, 9.17) is 4.74 Å². The van der Waals surface area contributed by atoms with Crippen molar-refractivity contribution in [3.05, 3.63) is 59.2 Å². The van der Waals surface area contributed by atoms with Crippen molar-refractivity contribution >= 4 is 21.6 Å². The molecule has 0 spiro atoms. The van der Waals surface area contributed by atoms with Crippen LogP contribution in [0.3, 0.4) is 0 Å². The molecule has 6 nitrogen and oxygen atoms in total. The van der Waals surface area contributed by atoms with Crippen LogP contribution in [0.2, 0.25) is 0 Å². The van der Waals surface area contributed by atoms with Crippen LogP contribution in [0.4, 0.5) is 5.69 Å². The smallest absolute Gasteiger partial charge is 0.244 e. The third-order valence-electron chi connectivity index (χ3n) is 5.38. The molecule has 2 aromatic rings. The van der Waals surface area contributed by atoms with E-state index in [9.17, 15) is 13.2 Å². The number of para-hydroxylation sites is 1. The van der Waals surface area contributed by atoms with Crippen LogP contribution in [0.25, 0.3) is 0 Å². The van der Waals surface area contributed by atoms with Gasteiger partial charge in [-0.05, 0) is 57.9 Å². The van der Waals surface area contributed by atoms with Crippen LogP contribution in [-0.4, -0.2) is 32.2 Å². The molecule has 0 aliphatic carbocycles. The van der Waals surface area contributed by atoms with Crippen LogP contribution in [0.15, 0.2) is 42.5 Å². The van der Waals surface area contributed by atoms with E-state index in [1.165, 1.54) is 4.31 Å². The summed E-state index contributed by atoms with van der Waals surface area (Å²) in [5, 5.41) is 3.06. The molecule has 1 aliphatic rings. The van der Waals surface area contributed by atoms with E-state index in [1.807, 2.05) is 64.1 Å². The molecule has 1 N–H and O–H groups in total. The van der Waals surface area contributed by atoms with E-state index in [1.54, 1.807) is 13.0 Å². The summed E-state index contributed by atoms with van der Waals surface area (Å²) in [6.07, 6.45) is 1.72. The molecule has 0 fully saturated rings. The number of ether oxygens (including phenoxy) is 1. The number of carbonyl (C=O) groups is 1. The fraction of sp³-hybridized carbons (Fsp3) is 0.435. The fourth-order valence-electron chi connectivity index (χ4n) is 3.96. The van der Waals surface area contributed by atoms with Crippen molar-refractivity contribution in [3.63, 3.8) is 0 Å². The summed E-state index contributed by atoms with van der Waals surface area (Å²) in [5.74, 6) is 0.389. The van der Waals surface area contributed by atoms with Gasteiger partial charge in [0.05, 0.1) is 18.0 Å². The Morgan fingerprint density at radius 2 is 1.87 bits per heavy atom. The molecular formula is C23H30N2O4S. The molecule has 0 saturated carbocycles. The van der Waals surface area contributed by atoms with Crippen LogP contribution in [0.5, 0.6) is 5.75 Å². The Hall–Kier alpha value is -2.54. The van der Waals surface area contributed by atoms with E-state index in [-0.39, 0.29) is 11.9 Å². The lowest BCUT2D eigenvalue weighted by Gasteiger charge is -2.39. The van der Waals surface area contributed by atoms with Gasteiger partial charge >= 0.3 is 0 Å². The van der Waals surface area contributed by atoms with Crippen molar-refractivity contribution < 1.29 is 17.9 Å². The number of nitrogens with one attached hydrogen (secondary N) is 1. The van der Waals surface area contributed by atoms with Gasteiger partial charge in [-0.25, -0.2) is 8.42 Å². The predicted octanol–water partition coefficient (Wildman–Crippen LogP) is 3.88. The highest BCUT2D eigenvalue weighted by Gasteiger charge is 2.37. The second-order valence-electron chi connectivity index (χ2n) is 8.69. The van der Waals surface area contributed by atoms with Crippen LogP contribution < -0.4 is 14.4 Å². The summed E-state index contributed by atoms with van der Waals surface area (Å²) in [6, 6.07) is 12.0. The largest absolute Gasteiger partial charge is 0.487 e. The van der Waals surface area contributed by atoms with E-state index in [2.05, 4.69) is 5.32 Å². The Bertz CT molecular complexity index is 1060. The van der Waals surface area contributed by atoms with Gasteiger partial charge in [0.1, 0.15) is 17.4 Å². The monoisotopic (exact) mass is 430 g/mol. The van der Waals surface area contributed by atoms with Gasteiger partial charge in [0, 0.05) is 12.0 Å². The Kier molecular flexibility index (Phi) is 5.87. The number of hydrogen-bond donors (Lipinski definition) is 1. The molecule has 30 heavy (non-hydrogen) atoms. The minimum atomic E-state index is -3.68. The number of fused-ring (bicyclic) bond motifs is 1. The first-order valence-corrected chi connectivity index (χ1v) is 11.9. The van der Waals surface area contributed by atoms with Crippen molar-refractivity contribution in [2.24, 2.45) is 0 Å². The molecule has 0 bridgehead atoms. The predicted molar refractivity (Wildman–Crippen MR) is 119 cm³/mol. The molecule has 2 atom stereocenters. The van der Waals surface area contributed by atoms with Crippen molar-refractivity contribution in [1.82, 2.24) is 5.32 Å². The number of aryl methyl sites for hydroxylation is 2. The standard InChI is InChI=1S/C23H30N2O4S/c1-15-11-12-16(2)20(13-15)25(30(6,27)28)17(3)22(26)24-19-14-23(4,5)29-21-10-8-7-9-18(19)21/h7-13,17,19H,14H2,1-6H3,(H,24,26)/t17-,19-/m1/s1. The Morgan fingerprint density at radius 1 is 1.20 bits per heavy atom. The van der Waals surface area contributed by atoms with E-state index in [0.29, 0.717) is 12.1 Å². The van der Waals surface area contributed by atoms with Crippen LogP contribution >= 0.6 is 0 Å². The summed E-state index contributed by atoms with van der Waals surface area (Å²) in [6.45, 7) is 9.31. The normalized spacial score (nSPS) is 18.7. The molecule has 0 radical (unpaired) electrons. The summed E-state index contributed by atoms with van der Waals surface area (Å²) in [4.78, 5) is 13.2. The lowest BCUT2D eigenvalue weighted by molar-refractivity contribution is -0.123. The fourth-order valence-corrected chi connectivity index (χ4v) is 5.19. The van der Waals surface area contributed by atoms with Gasteiger partial charge in [0.15, 0.2) is 0 Å². The molecule has 0 unspecified atom stereocenters. The number of rotatable bonds is 5. The SMILES string of the molecule is Cc1ccc(C)c(N([C@H](C)C(=O)N[C@@H]2CC(C)(C)Oc3ccccc32)S(C)(=O)=O)c1.